The molecule has 0 saturated carbocycles. The summed E-state index contributed by atoms with van der Waals surface area (Å²) in [6, 6.07) is 53.8. The number of hydrogen-bond acceptors (Lipinski definition) is 22. The van der Waals surface area contributed by atoms with Crippen LogP contribution in [0.2, 0.25) is 19.6 Å². The summed E-state index contributed by atoms with van der Waals surface area (Å²) in [4.78, 5) is 45.5. The molecule has 1 aliphatic heterocycles. The molecule has 28 nitrogen and oxygen atoms in total. The second-order valence-electron chi connectivity index (χ2n) is 23.1. The van der Waals surface area contributed by atoms with E-state index in [4.69, 9.17) is 59.4 Å². The van der Waals surface area contributed by atoms with Gasteiger partial charge in [0.05, 0.1) is 48.0 Å². The summed E-state index contributed by atoms with van der Waals surface area (Å²) in [5.41, 5.74) is 8.66. The average Bonchev–Trinajstić information content (AvgIpc) is 0.968. The molecule has 7 aromatic heterocycles. The third-order valence-electron chi connectivity index (χ3n) is 15.1. The van der Waals surface area contributed by atoms with E-state index in [1.807, 2.05) is 129 Å². The third-order valence-corrected chi connectivity index (χ3v) is 15.8. The third kappa shape index (κ3) is 27.9. The topological polar surface area (TPSA) is 428 Å². The fourth-order valence-corrected chi connectivity index (χ4v) is 10.0. The Balaban J connectivity index is 0.000000324. The van der Waals surface area contributed by atoms with Crippen LogP contribution in [0.4, 0.5) is 0 Å². The van der Waals surface area contributed by atoms with Gasteiger partial charge >= 0.3 is 41.5 Å². The number of nitriles is 2. The number of carboxylic acid groups (broad SMARTS) is 2. The first-order chi connectivity index (χ1) is 52.3. The van der Waals surface area contributed by atoms with Gasteiger partial charge in [0.25, 0.3) is 0 Å². The van der Waals surface area contributed by atoms with E-state index in [2.05, 4.69) is 63.2 Å². The van der Waals surface area contributed by atoms with E-state index in [-0.39, 0.29) is 53.8 Å². The van der Waals surface area contributed by atoms with Crippen molar-refractivity contribution in [2.75, 3.05) is 55.9 Å². The standard InChI is InChI=1S/C11H8N2O.2C11H9NO3.C10H9NO2.2C10H9NO.C9H7NO.C4H9NSi.C4H8O.CH4.H3N5.Na.H2O/c1-14-11-4-2-3-8-9(11)5-6-13-10(8)7-12;2*1-15-9-4-2-3-8-7(9)5-6-12-10(8)11(13)14;1-13-10-4-2-3-8-7-11(12)6-5-9(8)10;2*1-12-10-4-2-3-8-7-11-6-5-9(8)10;11-9-3-1-2-7-6-10-5-4-8(7)9;1-6(2,3)4-5;1-2-4-5-3-1;;1-3-5-4-2;;/h2-6H,1H3;2*2-6H,1H3,(H,13,14);2-7H,1H3;2*2-7H,1H3;1-6,11H;1-3H3;1-4H2;1H4;(H3,1,2,5);;1H2/q;;;;;;;;;;;+1;/p-1. The number of aromatic nitrogens is 7. The minimum absolute atomic E-state index is 0. The number of rotatable bonds is 9. The number of aromatic hydroxyl groups is 1. The van der Waals surface area contributed by atoms with Gasteiger partial charge < -0.3 is 65.0 Å². The Kier molecular flexibility index (Phi) is 40.6. The Morgan fingerprint density at radius 3 is 1.18 bits per heavy atom. The number of pyridine rings is 7. The number of nitrogens with zero attached hydrogens (tertiary/aromatic N) is 12. The van der Waals surface area contributed by atoms with E-state index in [0.717, 1.165) is 106 Å². The fourth-order valence-electron chi connectivity index (χ4n) is 10.0. The van der Waals surface area contributed by atoms with Gasteiger partial charge in [0.2, 0.25) is 0 Å². The van der Waals surface area contributed by atoms with Crippen LogP contribution in [0.15, 0.2) is 254 Å². The van der Waals surface area contributed by atoms with Crippen molar-refractivity contribution in [2.45, 2.75) is 39.9 Å². The molecule has 568 valence electrons. The Morgan fingerprint density at radius 1 is 0.505 bits per heavy atom. The molecule has 1 aliphatic rings. The number of phenolic OH excluding ortho intramolecular Hbond substituents is 1. The molecule has 14 aromatic rings. The van der Waals surface area contributed by atoms with E-state index >= 15 is 0 Å². The van der Waals surface area contributed by atoms with Gasteiger partial charge in [-0.05, 0) is 108 Å². The number of nitrogens with two attached hydrogens (primary N) is 1. The van der Waals surface area contributed by atoms with Crippen LogP contribution in [-0.4, -0.2) is 127 Å². The molecule has 111 heavy (non-hydrogen) atoms. The molecule has 0 bridgehead atoms. The maximum absolute atomic E-state index is 11.0. The first kappa shape index (κ1) is 92.1. The normalized spacial score (nSPS) is 10.4. The van der Waals surface area contributed by atoms with Crippen molar-refractivity contribution in [2.24, 2.45) is 21.5 Å². The van der Waals surface area contributed by atoms with Crippen LogP contribution in [-0.2, 0) is 4.74 Å². The van der Waals surface area contributed by atoms with Gasteiger partial charge in [-0.15, -0.1) is 0 Å². The van der Waals surface area contributed by atoms with Crippen molar-refractivity contribution in [1.82, 2.24) is 29.9 Å². The molecule has 7 N–H and O–H groups in total. The predicted octanol–water partition coefficient (Wildman–Crippen LogP) is 13.8. The minimum Gasteiger partial charge on any atom is -0.870 e. The Labute approximate surface area is 664 Å². The summed E-state index contributed by atoms with van der Waals surface area (Å²) in [6.45, 7) is 8.06. The summed E-state index contributed by atoms with van der Waals surface area (Å²) >= 11 is 0. The smallest absolute Gasteiger partial charge is 0.870 e. The van der Waals surface area contributed by atoms with Gasteiger partial charge in [0, 0.05) is 151 Å². The zero-order valence-electron chi connectivity index (χ0n) is 62.2. The molecule has 15 rings (SSSR count). The van der Waals surface area contributed by atoms with Crippen LogP contribution in [0.5, 0.6) is 40.2 Å². The number of ether oxygens (including phenoxy) is 7. The van der Waals surface area contributed by atoms with Gasteiger partial charge in [-0.25, -0.2) is 29.8 Å². The second kappa shape index (κ2) is 48.9. The van der Waals surface area contributed by atoms with Gasteiger partial charge in [-0.3, -0.25) is 15.0 Å². The molecule has 0 amide bonds. The van der Waals surface area contributed by atoms with Crippen LogP contribution in [0.3, 0.4) is 0 Å². The molecule has 0 aliphatic carbocycles. The quantitative estimate of drug-likeness (QED) is 0.0224. The first-order valence-electron chi connectivity index (χ1n) is 32.8. The number of methoxy groups -OCH3 is 6. The van der Waals surface area contributed by atoms with Crippen molar-refractivity contribution in [3.05, 3.63) is 260 Å². The zero-order valence-corrected chi connectivity index (χ0v) is 65.2. The number of aromatic carboxylic acids is 2. The summed E-state index contributed by atoms with van der Waals surface area (Å²) < 4.78 is 36.8. The number of nitrogens with one attached hydrogen (secondary N) is 1. The molecular formula is C81H85N14NaO14Si. The van der Waals surface area contributed by atoms with Gasteiger partial charge in [0.1, 0.15) is 52.0 Å². The van der Waals surface area contributed by atoms with Crippen LogP contribution >= 0.6 is 0 Å². The van der Waals surface area contributed by atoms with Crippen molar-refractivity contribution in [1.29, 1.82) is 16.1 Å². The number of carboxylic acids is 2. The number of fused-ring (bicyclic) bond motifs is 7. The summed E-state index contributed by atoms with van der Waals surface area (Å²) in [5, 5.41) is 75.5. The summed E-state index contributed by atoms with van der Waals surface area (Å²) in [6.07, 6.45) is 20.7. The molecular weight excluding hydrogens is 1440 g/mol. The molecule has 0 atom stereocenters. The number of benzene rings is 7. The largest absolute Gasteiger partial charge is 1.00 e. The van der Waals surface area contributed by atoms with Crippen molar-refractivity contribution in [3.63, 3.8) is 0 Å². The molecule has 30 heteroatoms. The number of carbonyl (C=O) groups is 2. The van der Waals surface area contributed by atoms with Crippen LogP contribution < -0.4 is 68.6 Å². The van der Waals surface area contributed by atoms with Gasteiger partial charge in [-0.2, -0.15) is 15.5 Å². The predicted molar refractivity (Wildman–Crippen MR) is 425 cm³/mol. The number of phenols is 1. The molecule has 0 radical (unpaired) electrons. The first-order valence-corrected chi connectivity index (χ1v) is 36.3. The van der Waals surface area contributed by atoms with Crippen molar-refractivity contribution in [3.8, 4) is 52.0 Å². The maximum atomic E-state index is 11.0. The molecule has 0 spiro atoms. The van der Waals surface area contributed by atoms with Crippen LogP contribution in [0.25, 0.3) is 75.4 Å². The summed E-state index contributed by atoms with van der Waals surface area (Å²) in [7, 11) is 8.36. The Hall–Kier alpha value is -13.1. The minimum atomic E-state index is -1.33. The Bertz CT molecular complexity index is 5200. The Morgan fingerprint density at radius 2 is 0.838 bits per heavy atom. The molecule has 1 fully saturated rings. The van der Waals surface area contributed by atoms with Crippen molar-refractivity contribution >= 4 is 95.4 Å². The van der Waals surface area contributed by atoms with E-state index in [1.165, 1.54) is 37.6 Å². The van der Waals surface area contributed by atoms with Crippen LogP contribution in [0.1, 0.15) is 46.9 Å². The molecule has 8 heterocycles. The van der Waals surface area contributed by atoms with E-state index in [1.54, 1.807) is 146 Å². The second-order valence-corrected chi connectivity index (χ2v) is 27.8. The maximum Gasteiger partial charge on any atom is 1.00 e. The van der Waals surface area contributed by atoms with Gasteiger partial charge in [0.15, 0.2) is 31.9 Å². The van der Waals surface area contributed by atoms with E-state index in [9.17, 15) is 19.9 Å². The molecule has 0 unspecified atom stereocenters. The van der Waals surface area contributed by atoms with Crippen LogP contribution in [0, 0.1) is 33.0 Å². The fraction of sp³-hybridized carbons (Fsp3) is 0.173. The molecule has 7 aromatic carbocycles. The van der Waals surface area contributed by atoms with E-state index < -0.39 is 20.0 Å². The SMILES string of the molecule is C.C1CCOC1.COc1cccc2c(C#N)nccc12.COc1cccc2c(C(=O)O)nccc12.COc1cccc2c(C(=O)O)nccc12.COc1cccc2c[n+]([O-])ccc12.COc1cccc2cnccc12.COc1cccc2cnccc12.C[Si](C)(C)C#N.N=N/N=N/N.Oc1cccc2cnccc12.[Na+].[OH-]. The molecule has 1 saturated heterocycles. The van der Waals surface area contributed by atoms with E-state index in [0.29, 0.717) is 33.7 Å². The number of hydrogen-bond donors (Lipinski definition) is 5. The van der Waals surface area contributed by atoms with Gasteiger partial charge in [-0.1, -0.05) is 111 Å². The average molecular weight is 1530 g/mol. The summed E-state index contributed by atoms with van der Waals surface area (Å²) in [5.74, 6) is 7.28. The monoisotopic (exact) mass is 1530 g/mol. The zero-order chi connectivity index (χ0) is 78.2. The van der Waals surface area contributed by atoms with Crippen molar-refractivity contribution < 1.29 is 97.8 Å².